The van der Waals surface area contributed by atoms with Crippen LogP contribution < -0.4 is 20.5 Å². The van der Waals surface area contributed by atoms with Crippen LogP contribution in [0.25, 0.3) is 32.1 Å². The fourth-order valence-corrected chi connectivity index (χ4v) is 9.24. The summed E-state index contributed by atoms with van der Waals surface area (Å²) in [7, 11) is 0. The van der Waals surface area contributed by atoms with Gasteiger partial charge in [0.05, 0.1) is 26.8 Å². The second-order valence-corrected chi connectivity index (χ2v) is 14.9. The van der Waals surface area contributed by atoms with Gasteiger partial charge in [0.25, 0.3) is 0 Å². The van der Waals surface area contributed by atoms with E-state index in [0.717, 1.165) is 50.6 Å². The predicted octanol–water partition coefficient (Wildman–Crippen LogP) is 7.13. The molecule has 5 heterocycles. The Labute approximate surface area is 281 Å². The molecular weight excluding hydrogens is 670 g/mol. The second kappa shape index (κ2) is 11.6. The van der Waals surface area contributed by atoms with Crippen molar-refractivity contribution in [2.75, 3.05) is 38.5 Å². The molecule has 0 amide bonds. The van der Waals surface area contributed by atoms with Crippen LogP contribution >= 0.6 is 11.3 Å². The number of thiophene rings is 1. The van der Waals surface area contributed by atoms with Crippen LogP contribution in [0.5, 0.6) is 11.9 Å². The number of alkyl halides is 4. The first kappa shape index (κ1) is 32.3. The van der Waals surface area contributed by atoms with Crippen LogP contribution in [0.1, 0.15) is 56.1 Å². The summed E-state index contributed by atoms with van der Waals surface area (Å²) in [5.41, 5.74) is 2.15. The van der Waals surface area contributed by atoms with Crippen LogP contribution in [0.3, 0.4) is 0 Å². The lowest BCUT2D eigenvalue weighted by Gasteiger charge is -2.47. The van der Waals surface area contributed by atoms with E-state index in [0.29, 0.717) is 37.1 Å². The molecule has 3 aliphatic heterocycles. The van der Waals surface area contributed by atoms with E-state index in [-0.39, 0.29) is 74.6 Å². The van der Waals surface area contributed by atoms with Crippen LogP contribution in [0, 0.1) is 28.4 Å². The predicted molar refractivity (Wildman–Crippen MR) is 171 cm³/mol. The summed E-state index contributed by atoms with van der Waals surface area (Å²) in [5.74, 6) is -2.42. The molecule has 15 heteroatoms. The summed E-state index contributed by atoms with van der Waals surface area (Å²) >= 11 is 0.694. The molecular formula is C34H32F6N6O2S. The number of hydrogen-bond donors (Lipinski definition) is 2. The third-order valence-corrected chi connectivity index (χ3v) is 11.9. The van der Waals surface area contributed by atoms with Crippen molar-refractivity contribution in [2.24, 2.45) is 5.41 Å². The largest absolute Gasteiger partial charge is 0.474 e. The first-order chi connectivity index (χ1) is 23.4. The van der Waals surface area contributed by atoms with Crippen LogP contribution in [0.15, 0.2) is 18.2 Å². The molecule has 8 nitrogen and oxygen atoms in total. The van der Waals surface area contributed by atoms with Gasteiger partial charge in [0.15, 0.2) is 5.82 Å². The van der Waals surface area contributed by atoms with Crippen LogP contribution in [0.4, 0.5) is 31.3 Å². The molecule has 2 atom stereocenters. The van der Waals surface area contributed by atoms with Crippen molar-refractivity contribution < 1.29 is 35.8 Å². The first-order valence-corrected chi connectivity index (χ1v) is 17.1. The van der Waals surface area contributed by atoms with Gasteiger partial charge in [-0.1, -0.05) is 6.07 Å². The Hall–Kier alpha value is -3.87. The van der Waals surface area contributed by atoms with Crippen molar-refractivity contribution in [3.8, 4) is 29.1 Å². The van der Waals surface area contributed by atoms with E-state index in [1.807, 2.05) is 11.0 Å². The Kier molecular flexibility index (Phi) is 7.66. The molecule has 2 aromatic carbocycles. The number of halogens is 6. The zero-order valence-corrected chi connectivity index (χ0v) is 27.0. The van der Waals surface area contributed by atoms with E-state index in [2.05, 4.69) is 15.3 Å². The average Bonchev–Trinajstić information content (AvgIpc) is 3.69. The number of fused-ring (bicyclic) bond motifs is 3. The van der Waals surface area contributed by atoms with E-state index < -0.39 is 46.2 Å². The quantitative estimate of drug-likeness (QED) is 0.205. The van der Waals surface area contributed by atoms with Gasteiger partial charge in [0.2, 0.25) is 5.88 Å². The molecule has 3 N–H and O–H groups in total. The molecule has 4 fully saturated rings. The smallest absolute Gasteiger partial charge is 0.417 e. The highest BCUT2D eigenvalue weighted by atomic mass is 32.1. The molecule has 4 aliphatic rings. The highest BCUT2D eigenvalue weighted by molar-refractivity contribution is 7.23. The van der Waals surface area contributed by atoms with Crippen molar-refractivity contribution in [2.45, 2.75) is 68.9 Å². The van der Waals surface area contributed by atoms with Crippen LogP contribution in [-0.4, -0.2) is 65.5 Å². The lowest BCUT2D eigenvalue weighted by molar-refractivity contribution is -0.137. The summed E-state index contributed by atoms with van der Waals surface area (Å²) in [6.45, 7) is 2.78. The molecule has 3 saturated heterocycles. The Morgan fingerprint density at radius 3 is 2.61 bits per heavy atom. The van der Waals surface area contributed by atoms with Crippen molar-refractivity contribution in [1.29, 1.82) is 5.26 Å². The molecule has 1 aliphatic carbocycles. The number of nitrogens with one attached hydrogen (secondary N) is 1. The molecule has 258 valence electrons. The lowest BCUT2D eigenvalue weighted by Crippen LogP contribution is -2.55. The van der Waals surface area contributed by atoms with E-state index in [1.165, 1.54) is 0 Å². The fraction of sp³-hybridized carbons (Fsp3) is 0.500. The SMILES string of the molecule is N#Cc1c(N)sc2c(F)ccc(-c3c(C(F)(F)F)cc4c(OC5CCC6(CC5)CNC6)nc(OC[C@@]56CCCN5C[C@H](F)C6)nc4c3F)c12. The lowest BCUT2D eigenvalue weighted by atomic mass is 9.69. The summed E-state index contributed by atoms with van der Waals surface area (Å²) in [6, 6.07) is 4.18. The Bertz CT molecular complexity index is 2020. The standard InChI is InChI=1S/C34H32F6N6O2S/c35-17-11-33(6-1-9-46(33)13-17)16-47-31-44-27-20(30(45-31)48-18-4-7-32(8-5-18)14-43-15-32)10-22(34(38,39)40)25(26(27)37)19-2-3-23(36)28-24(19)21(12-41)29(42)49-28/h2-3,10,17-18,43H,1,4-9,11,13-16,42H2/t17-,33+/m1/s1. The number of aromatic nitrogens is 2. The summed E-state index contributed by atoms with van der Waals surface area (Å²) in [6.07, 6.45) is -1.73. The molecule has 1 saturated carbocycles. The fourth-order valence-electron chi connectivity index (χ4n) is 8.29. The van der Waals surface area contributed by atoms with Crippen LogP contribution in [0.2, 0.25) is 0 Å². The van der Waals surface area contributed by atoms with Gasteiger partial charge in [-0.25, -0.2) is 13.2 Å². The third kappa shape index (κ3) is 5.34. The average molecular weight is 703 g/mol. The number of nitrogens with zero attached hydrogens (tertiary/aromatic N) is 4. The van der Waals surface area contributed by atoms with Gasteiger partial charge in [0.1, 0.15) is 41.3 Å². The maximum absolute atomic E-state index is 16.9. The van der Waals surface area contributed by atoms with Gasteiger partial charge in [0, 0.05) is 37.0 Å². The van der Waals surface area contributed by atoms with E-state index in [9.17, 15) is 27.2 Å². The van der Waals surface area contributed by atoms with Crippen LogP contribution in [-0.2, 0) is 6.18 Å². The van der Waals surface area contributed by atoms with Gasteiger partial charge >= 0.3 is 12.2 Å². The molecule has 49 heavy (non-hydrogen) atoms. The molecule has 0 unspecified atom stereocenters. The Morgan fingerprint density at radius 2 is 1.92 bits per heavy atom. The normalized spacial score (nSPS) is 24.0. The zero-order valence-electron chi connectivity index (χ0n) is 26.2. The Balaban J connectivity index is 1.28. The molecule has 1 spiro atoms. The molecule has 0 radical (unpaired) electrons. The first-order valence-electron chi connectivity index (χ1n) is 16.3. The minimum Gasteiger partial charge on any atom is -0.474 e. The third-order valence-electron chi connectivity index (χ3n) is 10.9. The van der Waals surface area contributed by atoms with Crippen molar-refractivity contribution in [3.63, 3.8) is 0 Å². The molecule has 0 bridgehead atoms. The number of nitrogen functional groups attached to an aromatic ring is 1. The van der Waals surface area contributed by atoms with Gasteiger partial charge in [-0.15, -0.1) is 11.3 Å². The Morgan fingerprint density at radius 1 is 1.14 bits per heavy atom. The molecule has 2 aromatic heterocycles. The monoisotopic (exact) mass is 702 g/mol. The minimum atomic E-state index is -5.09. The van der Waals surface area contributed by atoms with Crippen molar-refractivity contribution in [1.82, 2.24) is 20.2 Å². The van der Waals surface area contributed by atoms with Gasteiger partial charge < -0.3 is 20.5 Å². The van der Waals surface area contributed by atoms with Gasteiger partial charge in [-0.2, -0.15) is 28.4 Å². The number of benzene rings is 2. The number of nitriles is 1. The highest BCUT2D eigenvalue weighted by Gasteiger charge is 2.49. The number of rotatable bonds is 6. The van der Waals surface area contributed by atoms with Crippen molar-refractivity contribution in [3.05, 3.63) is 41.0 Å². The number of nitrogens with two attached hydrogens (primary N) is 1. The number of ether oxygens (including phenoxy) is 2. The number of hydrogen-bond acceptors (Lipinski definition) is 9. The maximum atomic E-state index is 16.9. The topological polar surface area (TPSA) is 109 Å². The summed E-state index contributed by atoms with van der Waals surface area (Å²) < 4.78 is 103. The van der Waals surface area contributed by atoms with Gasteiger partial charge in [-0.05, 0) is 68.2 Å². The maximum Gasteiger partial charge on any atom is 0.417 e. The van der Waals surface area contributed by atoms with E-state index >= 15 is 4.39 Å². The number of anilines is 1. The summed E-state index contributed by atoms with van der Waals surface area (Å²) in [5, 5.41) is 12.5. The van der Waals surface area contributed by atoms with Crippen molar-refractivity contribution >= 4 is 37.3 Å². The second-order valence-electron chi connectivity index (χ2n) is 13.9. The zero-order chi connectivity index (χ0) is 34.3. The highest BCUT2D eigenvalue weighted by Crippen LogP contribution is 2.49. The molecule has 4 aromatic rings. The van der Waals surface area contributed by atoms with Gasteiger partial charge in [-0.3, -0.25) is 4.90 Å². The van der Waals surface area contributed by atoms with E-state index in [1.54, 1.807) is 0 Å². The van der Waals surface area contributed by atoms with E-state index in [4.69, 9.17) is 15.2 Å². The molecule has 8 rings (SSSR count). The summed E-state index contributed by atoms with van der Waals surface area (Å²) in [4.78, 5) is 10.7. The minimum absolute atomic E-state index is 0.00468.